The van der Waals surface area contributed by atoms with Gasteiger partial charge in [0.05, 0.1) is 5.60 Å². The van der Waals surface area contributed by atoms with Crippen molar-refractivity contribution >= 4 is 11.9 Å². The molecule has 1 atom stereocenters. The van der Waals surface area contributed by atoms with Gasteiger partial charge in [-0.3, -0.25) is 4.79 Å². The Morgan fingerprint density at radius 1 is 1.30 bits per heavy atom. The number of rotatable bonds is 5. The number of carbonyl (C=O) groups is 2. The Bertz CT molecular complexity index is 574. The van der Waals surface area contributed by atoms with Crippen molar-refractivity contribution in [1.29, 1.82) is 0 Å². The summed E-state index contributed by atoms with van der Waals surface area (Å²) in [6.45, 7) is 2.98. The van der Waals surface area contributed by atoms with E-state index in [-0.39, 0.29) is 11.5 Å². The van der Waals surface area contributed by atoms with Crippen molar-refractivity contribution in [2.24, 2.45) is 0 Å². The third kappa shape index (κ3) is 4.69. The second-order valence-electron chi connectivity index (χ2n) is 6.01. The van der Waals surface area contributed by atoms with Crippen LogP contribution in [0.15, 0.2) is 24.3 Å². The zero-order valence-corrected chi connectivity index (χ0v) is 13.6. The molecule has 1 heterocycles. The number of carboxylic acid groups (broad SMARTS) is 1. The zero-order valence-electron chi connectivity index (χ0n) is 13.6. The average Bonchev–Trinajstić information content (AvgIpc) is 2.75. The lowest BCUT2D eigenvalue weighted by Gasteiger charge is -2.26. The molecule has 23 heavy (non-hydrogen) atoms. The summed E-state index contributed by atoms with van der Waals surface area (Å²) in [5.41, 5.74) is 0.329. The number of carboxylic acids is 1. The van der Waals surface area contributed by atoms with Crippen LogP contribution in [-0.4, -0.2) is 54.3 Å². The van der Waals surface area contributed by atoms with Crippen molar-refractivity contribution in [2.75, 3.05) is 26.8 Å². The summed E-state index contributed by atoms with van der Waals surface area (Å²) in [4.78, 5) is 25.0. The number of nitrogens with zero attached hydrogens (tertiary/aromatic N) is 1. The minimum absolute atomic E-state index is 0.0638. The van der Waals surface area contributed by atoms with Gasteiger partial charge >= 0.3 is 5.97 Å². The maximum absolute atomic E-state index is 12.7. The molecule has 1 fully saturated rings. The van der Waals surface area contributed by atoms with Crippen LogP contribution in [0.1, 0.15) is 36.5 Å². The number of ether oxygens (including phenoxy) is 2. The van der Waals surface area contributed by atoms with Crippen LogP contribution >= 0.6 is 0 Å². The molecular weight excluding hydrogens is 298 g/mol. The highest BCUT2D eigenvalue weighted by Gasteiger charge is 2.29. The third-order valence-corrected chi connectivity index (χ3v) is 4.27. The first kappa shape index (κ1) is 17.3. The predicted octanol–water partition coefficient (Wildman–Crippen LogP) is 2.18. The molecule has 0 aliphatic carbocycles. The number of hydrogen-bond acceptors (Lipinski definition) is 4. The van der Waals surface area contributed by atoms with Crippen LogP contribution in [0.5, 0.6) is 5.75 Å². The Kier molecular flexibility index (Phi) is 5.60. The van der Waals surface area contributed by atoms with Crippen molar-refractivity contribution in [3.63, 3.8) is 0 Å². The number of hydrogen-bond donors (Lipinski definition) is 1. The minimum atomic E-state index is -1.05. The number of likely N-dealkylation sites (tertiary alicyclic amines) is 1. The molecule has 0 radical (unpaired) electrons. The van der Waals surface area contributed by atoms with E-state index in [2.05, 4.69) is 6.92 Å². The van der Waals surface area contributed by atoms with Gasteiger partial charge in [0.15, 0.2) is 6.61 Å². The van der Waals surface area contributed by atoms with Gasteiger partial charge in [0.1, 0.15) is 5.75 Å². The molecule has 0 saturated carbocycles. The highest BCUT2D eigenvalue weighted by molar-refractivity contribution is 5.94. The predicted molar refractivity (Wildman–Crippen MR) is 84.7 cm³/mol. The number of amides is 1. The number of benzene rings is 1. The third-order valence-electron chi connectivity index (χ3n) is 4.27. The molecular formula is C17H23NO5. The summed E-state index contributed by atoms with van der Waals surface area (Å²) in [5, 5.41) is 8.65. The van der Waals surface area contributed by atoms with E-state index >= 15 is 0 Å². The summed E-state index contributed by atoms with van der Waals surface area (Å²) >= 11 is 0. The van der Waals surface area contributed by atoms with Gasteiger partial charge < -0.3 is 19.5 Å². The first-order valence-electron chi connectivity index (χ1n) is 7.73. The topological polar surface area (TPSA) is 76.1 Å². The van der Waals surface area contributed by atoms with Crippen LogP contribution in [0.4, 0.5) is 0 Å². The van der Waals surface area contributed by atoms with Crippen LogP contribution in [-0.2, 0) is 9.53 Å². The largest absolute Gasteiger partial charge is 0.482 e. The molecule has 6 nitrogen and oxygen atoms in total. The van der Waals surface area contributed by atoms with Gasteiger partial charge in [-0.05, 0) is 44.4 Å². The molecule has 1 amide bonds. The number of carbonyl (C=O) groups excluding carboxylic acids is 1. The second kappa shape index (κ2) is 7.46. The molecule has 1 N–H and O–H groups in total. The van der Waals surface area contributed by atoms with Gasteiger partial charge in [-0.1, -0.05) is 6.07 Å². The molecule has 2 rings (SSSR count). The lowest BCUT2D eigenvalue weighted by Crippen LogP contribution is -2.34. The molecule has 0 aromatic heterocycles. The number of methoxy groups -OCH3 is 1. The Labute approximate surface area is 136 Å². The number of aliphatic carboxylic acids is 1. The van der Waals surface area contributed by atoms with E-state index in [9.17, 15) is 9.59 Å². The van der Waals surface area contributed by atoms with Crippen molar-refractivity contribution in [3.05, 3.63) is 29.8 Å². The molecule has 126 valence electrons. The SMILES string of the molecule is CO[C@@]1(C)CCCN(C(=O)c2cccc(OCC(=O)O)c2)CC1. The van der Waals surface area contributed by atoms with E-state index in [1.165, 1.54) is 0 Å². The van der Waals surface area contributed by atoms with Crippen LogP contribution in [0.25, 0.3) is 0 Å². The van der Waals surface area contributed by atoms with Crippen LogP contribution in [0.3, 0.4) is 0 Å². The van der Waals surface area contributed by atoms with E-state index in [0.717, 1.165) is 19.3 Å². The fraction of sp³-hybridized carbons (Fsp3) is 0.529. The maximum atomic E-state index is 12.7. The van der Waals surface area contributed by atoms with Crippen molar-refractivity contribution in [2.45, 2.75) is 31.8 Å². The Hall–Kier alpha value is -2.08. The molecule has 1 aliphatic rings. The molecule has 0 spiro atoms. The van der Waals surface area contributed by atoms with Crippen molar-refractivity contribution < 1.29 is 24.2 Å². The van der Waals surface area contributed by atoms with Crippen LogP contribution < -0.4 is 4.74 Å². The lowest BCUT2D eigenvalue weighted by atomic mass is 9.97. The molecule has 0 bridgehead atoms. The summed E-state index contributed by atoms with van der Waals surface area (Å²) in [7, 11) is 1.71. The molecule has 6 heteroatoms. The minimum Gasteiger partial charge on any atom is -0.482 e. The van der Waals surface area contributed by atoms with E-state index < -0.39 is 12.6 Å². The van der Waals surface area contributed by atoms with Gasteiger partial charge in [-0.15, -0.1) is 0 Å². The quantitative estimate of drug-likeness (QED) is 0.899. The van der Waals surface area contributed by atoms with Gasteiger partial charge in [0.25, 0.3) is 5.91 Å². The highest BCUT2D eigenvalue weighted by atomic mass is 16.5. The fourth-order valence-corrected chi connectivity index (χ4v) is 2.71. The Balaban J connectivity index is 2.05. The first-order valence-corrected chi connectivity index (χ1v) is 7.73. The zero-order chi connectivity index (χ0) is 16.9. The van der Waals surface area contributed by atoms with Crippen molar-refractivity contribution in [1.82, 2.24) is 4.90 Å². The van der Waals surface area contributed by atoms with Gasteiger partial charge in [-0.25, -0.2) is 4.79 Å². The van der Waals surface area contributed by atoms with Gasteiger partial charge in [0, 0.05) is 25.8 Å². The fourth-order valence-electron chi connectivity index (χ4n) is 2.71. The highest BCUT2D eigenvalue weighted by Crippen LogP contribution is 2.26. The van der Waals surface area contributed by atoms with Crippen LogP contribution in [0, 0.1) is 0 Å². The van der Waals surface area contributed by atoms with Gasteiger partial charge in [0.2, 0.25) is 0 Å². The maximum Gasteiger partial charge on any atom is 0.341 e. The standard InChI is InChI=1S/C17H23NO5/c1-17(22-2)7-4-9-18(10-8-17)16(21)13-5-3-6-14(11-13)23-12-15(19)20/h3,5-6,11H,4,7-10,12H2,1-2H3,(H,19,20)/t17-/m0/s1. The summed E-state index contributed by atoms with van der Waals surface area (Å²) in [5.74, 6) is -0.728. The van der Waals surface area contributed by atoms with Crippen LogP contribution in [0.2, 0.25) is 0 Å². The van der Waals surface area contributed by atoms with E-state index in [1.54, 1.807) is 31.4 Å². The normalized spacial score (nSPS) is 21.6. The molecule has 1 saturated heterocycles. The molecule has 1 aromatic rings. The monoisotopic (exact) mass is 321 g/mol. The Morgan fingerprint density at radius 3 is 2.78 bits per heavy atom. The second-order valence-corrected chi connectivity index (χ2v) is 6.01. The van der Waals surface area contributed by atoms with Gasteiger partial charge in [-0.2, -0.15) is 0 Å². The van der Waals surface area contributed by atoms with Crippen molar-refractivity contribution in [3.8, 4) is 5.75 Å². The molecule has 1 aliphatic heterocycles. The summed E-state index contributed by atoms with van der Waals surface area (Å²) in [6.07, 6.45) is 2.62. The lowest BCUT2D eigenvalue weighted by molar-refractivity contribution is -0.139. The first-order chi connectivity index (χ1) is 10.9. The molecule has 1 aromatic carbocycles. The average molecular weight is 321 g/mol. The Morgan fingerprint density at radius 2 is 2.09 bits per heavy atom. The smallest absolute Gasteiger partial charge is 0.341 e. The molecule has 0 unspecified atom stereocenters. The summed E-state index contributed by atoms with van der Waals surface area (Å²) < 4.78 is 10.7. The van der Waals surface area contributed by atoms with E-state index in [0.29, 0.717) is 24.4 Å². The van der Waals surface area contributed by atoms with E-state index in [4.69, 9.17) is 14.6 Å². The van der Waals surface area contributed by atoms with E-state index in [1.807, 2.05) is 4.90 Å². The summed E-state index contributed by atoms with van der Waals surface area (Å²) in [6, 6.07) is 6.65.